The van der Waals surface area contributed by atoms with Crippen LogP contribution in [0.2, 0.25) is 0 Å². The Balaban J connectivity index is 1.34. The van der Waals surface area contributed by atoms with E-state index >= 15 is 0 Å². The summed E-state index contributed by atoms with van der Waals surface area (Å²) < 4.78 is 13.6. The monoisotopic (exact) mass is 637 g/mol. The molecule has 0 aliphatic carbocycles. The molecular weight excluding hydrogens is 603 g/mol. The van der Waals surface area contributed by atoms with E-state index in [4.69, 9.17) is 14.5 Å². The number of rotatable bonds is 4. The molecule has 0 fully saturated rings. The summed E-state index contributed by atoms with van der Waals surface area (Å²) in [6.07, 6.45) is 6.32. The first-order valence-corrected chi connectivity index (χ1v) is 17.2. The van der Waals surface area contributed by atoms with Gasteiger partial charge in [0.15, 0.2) is 17.6 Å². The van der Waals surface area contributed by atoms with Crippen LogP contribution in [-0.4, -0.2) is 14.8 Å². The first kappa shape index (κ1) is 28.2. The van der Waals surface area contributed by atoms with Crippen molar-refractivity contribution in [2.45, 2.75) is 45.2 Å². The molecule has 6 heteroatoms. The molecule has 0 N–H and O–H groups in total. The van der Waals surface area contributed by atoms with E-state index in [-0.39, 0.29) is 11.6 Å². The van der Waals surface area contributed by atoms with Gasteiger partial charge in [-0.2, -0.15) is 9.13 Å². The van der Waals surface area contributed by atoms with Crippen molar-refractivity contribution in [3.05, 3.63) is 138 Å². The summed E-state index contributed by atoms with van der Waals surface area (Å²) in [5, 5.41) is 8.73. The average Bonchev–Trinajstić information content (AvgIpc) is 3.81. The van der Waals surface area contributed by atoms with Crippen LogP contribution in [0.3, 0.4) is 0 Å². The van der Waals surface area contributed by atoms with E-state index in [0.717, 1.165) is 51.9 Å². The molecule has 2 aliphatic rings. The summed E-state index contributed by atoms with van der Waals surface area (Å²) in [6, 6.07) is 40.8. The Labute approximate surface area is 284 Å². The van der Waals surface area contributed by atoms with E-state index in [9.17, 15) is 0 Å². The standard InChI is InChI=1S/C43H35N5O/c1-4-43(5-2)34(26-47-42(36-20-13-14-22-46(36)43)44-41(45-47)28-15-7-6-8-16-28)40-33-25-39-32(30-18-10-12-21-38(30)49-39)24-31(33)37-23-27(3)29-17-9-11-19-35(29)48(37)40/h6-26,40H,4-5H2,1-3H3/q+2. The zero-order valence-corrected chi connectivity index (χ0v) is 27.8. The molecule has 8 aromatic rings. The van der Waals surface area contributed by atoms with Gasteiger partial charge >= 0.3 is 0 Å². The van der Waals surface area contributed by atoms with Crippen molar-refractivity contribution in [3.63, 3.8) is 0 Å². The first-order valence-electron chi connectivity index (χ1n) is 17.2. The number of pyridine rings is 2. The molecule has 6 heterocycles. The number of benzene rings is 4. The van der Waals surface area contributed by atoms with Crippen LogP contribution < -0.4 is 9.13 Å². The van der Waals surface area contributed by atoms with Crippen LogP contribution in [-0.2, 0) is 5.54 Å². The van der Waals surface area contributed by atoms with Gasteiger partial charge in [-0.05, 0) is 42.8 Å². The van der Waals surface area contributed by atoms with Crippen LogP contribution in [0, 0.1) is 6.92 Å². The second-order valence-corrected chi connectivity index (χ2v) is 13.4. The zero-order valence-electron chi connectivity index (χ0n) is 27.8. The Morgan fingerprint density at radius 1 is 0.755 bits per heavy atom. The van der Waals surface area contributed by atoms with Crippen LogP contribution in [0.25, 0.3) is 73.2 Å². The van der Waals surface area contributed by atoms with E-state index in [1.165, 1.54) is 38.9 Å². The predicted octanol–water partition coefficient (Wildman–Crippen LogP) is 9.19. The molecule has 1 unspecified atom stereocenters. The highest BCUT2D eigenvalue weighted by molar-refractivity contribution is 6.07. The normalized spacial score (nSPS) is 15.9. The van der Waals surface area contributed by atoms with Crippen LogP contribution >= 0.6 is 0 Å². The minimum absolute atomic E-state index is 0.121. The fourth-order valence-corrected chi connectivity index (χ4v) is 8.68. The van der Waals surface area contributed by atoms with Crippen molar-refractivity contribution in [1.29, 1.82) is 0 Å². The summed E-state index contributed by atoms with van der Waals surface area (Å²) in [7, 11) is 0. The molecule has 0 saturated heterocycles. The SMILES string of the molecule is CCC1(CC)C(C2c3cc4oc5ccccc5c4cc3-c3cc(C)c4ccccc4[n+]32)=Cn2nc(-c3ccccc3)nc2-c2cccc[n+]21. The van der Waals surface area contributed by atoms with Crippen LogP contribution in [0.15, 0.2) is 131 Å². The van der Waals surface area contributed by atoms with Gasteiger partial charge in [-0.3, -0.25) is 0 Å². The lowest BCUT2D eigenvalue weighted by Crippen LogP contribution is -2.60. The van der Waals surface area contributed by atoms with Crippen molar-refractivity contribution in [1.82, 2.24) is 14.8 Å². The highest BCUT2D eigenvalue weighted by atomic mass is 16.3. The van der Waals surface area contributed by atoms with Crippen LogP contribution in [0.4, 0.5) is 0 Å². The van der Waals surface area contributed by atoms with Gasteiger partial charge in [-0.1, -0.05) is 74.5 Å². The Bertz CT molecular complexity index is 2660. The first-order chi connectivity index (χ1) is 24.1. The minimum Gasteiger partial charge on any atom is -0.456 e. The van der Waals surface area contributed by atoms with Crippen molar-refractivity contribution >= 4 is 39.0 Å². The lowest BCUT2D eigenvalue weighted by atomic mass is 9.78. The molecule has 236 valence electrons. The number of para-hydroxylation sites is 2. The van der Waals surface area contributed by atoms with Gasteiger partial charge in [0.05, 0.1) is 11.1 Å². The van der Waals surface area contributed by atoms with Gasteiger partial charge in [0.25, 0.3) is 5.69 Å². The summed E-state index contributed by atoms with van der Waals surface area (Å²) in [5.74, 6) is 1.55. The molecule has 10 rings (SSSR count). The molecule has 0 spiro atoms. The van der Waals surface area contributed by atoms with Gasteiger partial charge in [0.1, 0.15) is 11.2 Å². The molecular formula is C43H35N5O+2. The fraction of sp³-hybridized carbons (Fsp3) is 0.163. The number of aryl methyl sites for hydroxylation is 1. The van der Waals surface area contributed by atoms with Gasteiger partial charge in [0.2, 0.25) is 23.1 Å². The fourth-order valence-electron chi connectivity index (χ4n) is 8.68. The molecule has 4 aromatic carbocycles. The third-order valence-corrected chi connectivity index (χ3v) is 11.1. The highest BCUT2D eigenvalue weighted by Gasteiger charge is 2.55. The smallest absolute Gasteiger partial charge is 0.251 e. The molecule has 49 heavy (non-hydrogen) atoms. The molecule has 2 aliphatic heterocycles. The molecule has 0 saturated carbocycles. The van der Waals surface area contributed by atoms with Gasteiger partial charge in [-0.25, -0.2) is 9.67 Å². The van der Waals surface area contributed by atoms with Gasteiger partial charge in [0, 0.05) is 70.6 Å². The van der Waals surface area contributed by atoms with Crippen LogP contribution in [0.5, 0.6) is 0 Å². The summed E-state index contributed by atoms with van der Waals surface area (Å²) in [5.41, 5.74) is 11.0. The van der Waals surface area contributed by atoms with Gasteiger partial charge < -0.3 is 4.42 Å². The van der Waals surface area contributed by atoms with E-state index in [1.807, 2.05) is 28.9 Å². The van der Waals surface area contributed by atoms with E-state index in [1.54, 1.807) is 0 Å². The Hall–Kier alpha value is -5.88. The summed E-state index contributed by atoms with van der Waals surface area (Å²) in [4.78, 5) is 5.20. The number of hydrogen-bond acceptors (Lipinski definition) is 3. The summed E-state index contributed by atoms with van der Waals surface area (Å²) in [6.45, 7) is 6.86. The number of nitrogens with zero attached hydrogens (tertiary/aromatic N) is 5. The lowest BCUT2D eigenvalue weighted by molar-refractivity contribution is -0.754. The van der Waals surface area contributed by atoms with Gasteiger partial charge in [-0.15, -0.1) is 5.10 Å². The van der Waals surface area contributed by atoms with Crippen LogP contribution in [0.1, 0.15) is 43.9 Å². The predicted molar refractivity (Wildman–Crippen MR) is 194 cm³/mol. The molecule has 0 bridgehead atoms. The van der Waals surface area contributed by atoms with Crippen molar-refractivity contribution in [2.75, 3.05) is 0 Å². The molecule has 6 nitrogen and oxygen atoms in total. The third kappa shape index (κ3) is 3.83. The second-order valence-electron chi connectivity index (χ2n) is 13.4. The summed E-state index contributed by atoms with van der Waals surface area (Å²) >= 11 is 0. The quantitative estimate of drug-likeness (QED) is 0.181. The molecule has 0 radical (unpaired) electrons. The Morgan fingerprint density at radius 2 is 1.51 bits per heavy atom. The highest BCUT2D eigenvalue weighted by Crippen LogP contribution is 2.49. The van der Waals surface area contributed by atoms with E-state index in [2.05, 4.69) is 133 Å². The van der Waals surface area contributed by atoms with Crippen molar-refractivity contribution in [2.24, 2.45) is 0 Å². The number of fused-ring (bicyclic) bond motifs is 11. The minimum atomic E-state index is -0.364. The maximum Gasteiger partial charge on any atom is 0.251 e. The van der Waals surface area contributed by atoms with E-state index in [0.29, 0.717) is 5.82 Å². The number of hydrogen-bond donors (Lipinski definition) is 0. The maximum absolute atomic E-state index is 6.56. The number of allylic oxidation sites excluding steroid dienone is 1. The molecule has 0 amide bonds. The second kappa shape index (κ2) is 10.3. The van der Waals surface area contributed by atoms with E-state index < -0.39 is 0 Å². The van der Waals surface area contributed by atoms with Crippen molar-refractivity contribution < 1.29 is 13.6 Å². The Morgan fingerprint density at radius 3 is 2.35 bits per heavy atom. The molecule has 1 atom stereocenters. The largest absolute Gasteiger partial charge is 0.456 e. The zero-order chi connectivity index (χ0) is 32.9. The molecule has 4 aromatic heterocycles. The van der Waals surface area contributed by atoms with Crippen molar-refractivity contribution in [3.8, 4) is 34.2 Å². The third-order valence-electron chi connectivity index (χ3n) is 11.1. The Kier molecular flexibility index (Phi) is 5.92. The maximum atomic E-state index is 6.56. The lowest BCUT2D eigenvalue weighted by Gasteiger charge is -2.30. The number of aromatic nitrogens is 5. The number of furan rings is 1. The topological polar surface area (TPSA) is 51.6 Å². The average molecular weight is 638 g/mol.